The zero-order valence-corrected chi connectivity index (χ0v) is 10.3. The van der Waals surface area contributed by atoms with Gasteiger partial charge in [0, 0.05) is 22.0 Å². The summed E-state index contributed by atoms with van der Waals surface area (Å²) in [6, 6.07) is 7.52. The molecule has 0 fully saturated rings. The zero-order valence-electron chi connectivity index (χ0n) is 8.68. The molecule has 2 aromatic rings. The molecule has 5 heteroatoms. The van der Waals surface area contributed by atoms with Crippen LogP contribution in [0.3, 0.4) is 0 Å². The molecule has 4 nitrogen and oxygen atoms in total. The van der Waals surface area contributed by atoms with Gasteiger partial charge in [-0.1, -0.05) is 22.0 Å². The molecule has 3 rings (SSSR count). The summed E-state index contributed by atoms with van der Waals surface area (Å²) in [5, 5.41) is 9.92. The minimum absolute atomic E-state index is 0.278. The van der Waals surface area contributed by atoms with E-state index in [-0.39, 0.29) is 12.3 Å². The van der Waals surface area contributed by atoms with Crippen LogP contribution in [0.1, 0.15) is 10.5 Å². The first-order valence-corrected chi connectivity index (χ1v) is 5.94. The fraction of sp³-hybridized carbons (Fsp3) is 0.167. The summed E-state index contributed by atoms with van der Waals surface area (Å²) in [6.07, 6.45) is 0.278. The SMILES string of the molecule is O=C(O)C1Cc2cc3ccc(Br)cc3n2C1=O. The number of aromatic nitrogens is 1. The molecule has 0 bridgehead atoms. The molecule has 0 radical (unpaired) electrons. The summed E-state index contributed by atoms with van der Waals surface area (Å²) in [5.74, 6) is -2.34. The van der Waals surface area contributed by atoms with Crippen molar-refractivity contribution >= 4 is 38.7 Å². The van der Waals surface area contributed by atoms with Crippen molar-refractivity contribution in [3.8, 4) is 0 Å². The van der Waals surface area contributed by atoms with Gasteiger partial charge in [-0.2, -0.15) is 0 Å². The summed E-state index contributed by atoms with van der Waals surface area (Å²) >= 11 is 3.35. The van der Waals surface area contributed by atoms with Gasteiger partial charge in [-0.25, -0.2) is 0 Å². The number of rotatable bonds is 1. The molecule has 17 heavy (non-hydrogen) atoms. The molecular weight excluding hydrogens is 286 g/mol. The van der Waals surface area contributed by atoms with E-state index in [1.807, 2.05) is 24.3 Å². The number of hydrogen-bond acceptors (Lipinski definition) is 2. The smallest absolute Gasteiger partial charge is 0.316 e. The Morgan fingerprint density at radius 1 is 1.41 bits per heavy atom. The zero-order chi connectivity index (χ0) is 12.2. The first-order chi connectivity index (χ1) is 8.08. The molecule has 0 amide bonds. The maximum Gasteiger partial charge on any atom is 0.316 e. The lowest BCUT2D eigenvalue weighted by atomic mass is 10.1. The van der Waals surface area contributed by atoms with Crippen molar-refractivity contribution in [3.63, 3.8) is 0 Å². The van der Waals surface area contributed by atoms with Crippen molar-refractivity contribution < 1.29 is 14.7 Å². The van der Waals surface area contributed by atoms with Crippen LogP contribution in [0.4, 0.5) is 0 Å². The Labute approximate surface area is 105 Å². The van der Waals surface area contributed by atoms with Gasteiger partial charge in [0.05, 0.1) is 5.52 Å². The fourth-order valence-corrected chi connectivity index (χ4v) is 2.64. The Balaban J connectivity index is 2.23. The van der Waals surface area contributed by atoms with Crippen LogP contribution in [0.25, 0.3) is 10.9 Å². The van der Waals surface area contributed by atoms with E-state index in [9.17, 15) is 9.59 Å². The number of carbonyl (C=O) groups excluding carboxylic acids is 1. The van der Waals surface area contributed by atoms with Gasteiger partial charge in [-0.05, 0) is 18.2 Å². The summed E-state index contributed by atoms with van der Waals surface area (Å²) in [6.45, 7) is 0. The molecule has 0 aliphatic carbocycles. The van der Waals surface area contributed by atoms with Gasteiger partial charge in [0.15, 0.2) is 0 Å². The van der Waals surface area contributed by atoms with Crippen molar-refractivity contribution in [1.82, 2.24) is 4.57 Å². The van der Waals surface area contributed by atoms with Gasteiger partial charge < -0.3 is 5.11 Å². The second-order valence-corrected chi connectivity index (χ2v) is 5.02. The third-order valence-electron chi connectivity index (χ3n) is 3.07. The van der Waals surface area contributed by atoms with Crippen molar-refractivity contribution in [1.29, 1.82) is 0 Å². The molecule has 1 aromatic carbocycles. The second-order valence-electron chi connectivity index (χ2n) is 4.11. The molecule has 0 saturated carbocycles. The Morgan fingerprint density at radius 3 is 2.88 bits per heavy atom. The van der Waals surface area contributed by atoms with Gasteiger partial charge >= 0.3 is 5.97 Å². The Bertz CT molecular complexity index is 659. The van der Waals surface area contributed by atoms with Crippen LogP contribution < -0.4 is 0 Å². The third kappa shape index (κ3) is 1.42. The van der Waals surface area contributed by atoms with Crippen LogP contribution in [-0.2, 0) is 11.2 Å². The number of carboxylic acids is 1. The first-order valence-electron chi connectivity index (χ1n) is 5.15. The normalized spacial score (nSPS) is 18.6. The number of nitrogens with zero attached hydrogens (tertiary/aromatic N) is 1. The van der Waals surface area contributed by atoms with Crippen LogP contribution >= 0.6 is 15.9 Å². The lowest BCUT2D eigenvalue weighted by molar-refractivity contribution is -0.139. The lowest BCUT2D eigenvalue weighted by Gasteiger charge is -2.02. The molecule has 1 unspecified atom stereocenters. The van der Waals surface area contributed by atoms with Crippen LogP contribution in [0.5, 0.6) is 0 Å². The van der Waals surface area contributed by atoms with Crippen molar-refractivity contribution in [2.75, 3.05) is 0 Å². The molecule has 2 heterocycles. The van der Waals surface area contributed by atoms with Crippen LogP contribution in [-0.4, -0.2) is 21.6 Å². The number of hydrogen-bond donors (Lipinski definition) is 1. The Hall–Kier alpha value is -1.62. The average molecular weight is 294 g/mol. The van der Waals surface area contributed by atoms with Crippen LogP contribution in [0.15, 0.2) is 28.7 Å². The topological polar surface area (TPSA) is 59.3 Å². The maximum absolute atomic E-state index is 12.0. The monoisotopic (exact) mass is 293 g/mol. The molecule has 1 atom stereocenters. The molecular formula is C12H8BrNO3. The molecule has 1 aliphatic rings. The third-order valence-corrected chi connectivity index (χ3v) is 3.57. The van der Waals surface area contributed by atoms with Gasteiger partial charge in [-0.3, -0.25) is 14.2 Å². The minimum atomic E-state index is -1.05. The Kier molecular flexibility index (Phi) is 2.13. The average Bonchev–Trinajstić information content (AvgIpc) is 2.76. The molecule has 0 spiro atoms. The first kappa shape index (κ1) is 10.5. The highest BCUT2D eigenvalue weighted by atomic mass is 79.9. The Morgan fingerprint density at radius 2 is 2.18 bits per heavy atom. The number of halogens is 1. The van der Waals surface area contributed by atoms with Crippen molar-refractivity contribution in [2.24, 2.45) is 5.92 Å². The van der Waals surface area contributed by atoms with Crippen molar-refractivity contribution in [2.45, 2.75) is 6.42 Å². The standard InChI is InChI=1S/C12H8BrNO3/c13-7-2-1-6-3-8-5-9(12(16)17)11(15)14(8)10(6)4-7/h1-4,9H,5H2,(H,16,17). The number of carboxylic acid groups (broad SMARTS) is 1. The van der Waals surface area contributed by atoms with Crippen molar-refractivity contribution in [3.05, 3.63) is 34.4 Å². The highest BCUT2D eigenvalue weighted by Gasteiger charge is 2.37. The summed E-state index contributed by atoms with van der Waals surface area (Å²) in [5.41, 5.74) is 1.54. The van der Waals surface area contributed by atoms with Gasteiger partial charge in [0.2, 0.25) is 5.91 Å². The van der Waals surface area contributed by atoms with Gasteiger partial charge in [0.1, 0.15) is 5.92 Å². The lowest BCUT2D eigenvalue weighted by Crippen LogP contribution is -2.22. The molecule has 1 aromatic heterocycles. The molecule has 86 valence electrons. The van der Waals surface area contributed by atoms with Gasteiger partial charge in [-0.15, -0.1) is 0 Å². The molecule has 1 N–H and O–H groups in total. The van der Waals surface area contributed by atoms with Crippen LogP contribution in [0.2, 0.25) is 0 Å². The van der Waals surface area contributed by atoms with E-state index in [1.54, 1.807) is 0 Å². The van der Waals surface area contributed by atoms with Crippen LogP contribution in [0, 0.1) is 5.92 Å². The predicted octanol–water partition coefficient (Wildman–Crippen LogP) is 2.30. The number of carbonyl (C=O) groups is 2. The highest BCUT2D eigenvalue weighted by Crippen LogP contribution is 2.30. The molecule has 0 saturated heterocycles. The number of aliphatic carboxylic acids is 1. The quantitative estimate of drug-likeness (QED) is 0.821. The van der Waals surface area contributed by atoms with E-state index in [1.165, 1.54) is 4.57 Å². The second kappa shape index (κ2) is 3.43. The molecule has 1 aliphatic heterocycles. The largest absolute Gasteiger partial charge is 0.481 e. The van der Waals surface area contributed by atoms with E-state index in [2.05, 4.69) is 15.9 Å². The fourth-order valence-electron chi connectivity index (χ4n) is 2.29. The summed E-state index contributed by atoms with van der Waals surface area (Å²) < 4.78 is 2.39. The minimum Gasteiger partial charge on any atom is -0.481 e. The number of fused-ring (bicyclic) bond motifs is 3. The van der Waals surface area contributed by atoms with Gasteiger partial charge in [0.25, 0.3) is 0 Å². The number of benzene rings is 1. The van der Waals surface area contributed by atoms with E-state index < -0.39 is 11.9 Å². The van der Waals surface area contributed by atoms with E-state index >= 15 is 0 Å². The maximum atomic E-state index is 12.0. The summed E-state index contributed by atoms with van der Waals surface area (Å²) in [4.78, 5) is 22.9. The van der Waals surface area contributed by atoms with E-state index in [4.69, 9.17) is 5.11 Å². The summed E-state index contributed by atoms with van der Waals surface area (Å²) in [7, 11) is 0. The van der Waals surface area contributed by atoms with E-state index in [0.717, 1.165) is 21.1 Å². The highest BCUT2D eigenvalue weighted by molar-refractivity contribution is 9.10. The predicted molar refractivity (Wildman–Crippen MR) is 65.1 cm³/mol. The van der Waals surface area contributed by atoms with E-state index in [0.29, 0.717) is 0 Å².